The first kappa shape index (κ1) is 23.7. The molecule has 9 heteroatoms. The van der Waals surface area contributed by atoms with Crippen molar-refractivity contribution in [1.29, 1.82) is 0 Å². The van der Waals surface area contributed by atoms with E-state index >= 15 is 0 Å². The number of hydrogen-bond donors (Lipinski definition) is 1. The van der Waals surface area contributed by atoms with Crippen LogP contribution in [0.3, 0.4) is 0 Å². The topological polar surface area (TPSA) is 67.9 Å². The van der Waals surface area contributed by atoms with Gasteiger partial charge in [-0.05, 0) is 29.7 Å². The Morgan fingerprint density at radius 3 is 2.47 bits per heavy atom. The average molecular weight is 474 g/mol. The van der Waals surface area contributed by atoms with E-state index in [1.807, 2.05) is 19.9 Å². The Balaban J connectivity index is 2.06. The van der Waals surface area contributed by atoms with Crippen molar-refractivity contribution in [1.82, 2.24) is 0 Å². The molecule has 6 nitrogen and oxygen atoms in total. The van der Waals surface area contributed by atoms with E-state index < -0.39 is 29.5 Å². The van der Waals surface area contributed by atoms with Crippen LogP contribution in [0.1, 0.15) is 31.9 Å². The number of benzene rings is 2. The molecule has 0 spiro atoms. The second-order valence-electron chi connectivity index (χ2n) is 9.08. The van der Waals surface area contributed by atoms with Gasteiger partial charge in [0.1, 0.15) is 17.3 Å². The van der Waals surface area contributed by atoms with E-state index in [1.165, 1.54) is 32.4 Å². The fourth-order valence-electron chi connectivity index (χ4n) is 4.75. The maximum atomic E-state index is 13.9. The molecule has 2 aromatic carbocycles. The number of para-hydroxylation sites is 2. The van der Waals surface area contributed by atoms with Crippen LogP contribution in [0.4, 0.5) is 24.5 Å². The summed E-state index contributed by atoms with van der Waals surface area (Å²) in [4.78, 5) is 27.1. The minimum Gasteiger partial charge on any atom is -0.497 e. The number of nitrogens with one attached hydrogen (secondary N) is 1. The number of ether oxygens (including phenoxy) is 2. The molecule has 0 fully saturated rings. The first-order valence-electron chi connectivity index (χ1n) is 10.7. The van der Waals surface area contributed by atoms with Crippen LogP contribution in [0, 0.1) is 11.3 Å². The van der Waals surface area contributed by atoms with Gasteiger partial charge in [0.15, 0.2) is 0 Å². The normalized spacial score (nSPS) is 21.4. The monoisotopic (exact) mass is 474 g/mol. The third-order valence-corrected chi connectivity index (χ3v) is 6.12. The van der Waals surface area contributed by atoms with Gasteiger partial charge in [-0.25, -0.2) is 0 Å². The van der Waals surface area contributed by atoms with Crippen LogP contribution in [-0.4, -0.2) is 32.1 Å². The molecule has 0 saturated heterocycles. The maximum absolute atomic E-state index is 13.9. The van der Waals surface area contributed by atoms with Gasteiger partial charge < -0.3 is 14.8 Å². The van der Waals surface area contributed by atoms with Gasteiger partial charge in [0.2, 0.25) is 0 Å². The molecule has 2 aliphatic rings. The predicted molar refractivity (Wildman–Crippen MR) is 121 cm³/mol. The zero-order valence-corrected chi connectivity index (χ0v) is 19.2. The number of fused-ring (bicyclic) bond motifs is 2. The van der Waals surface area contributed by atoms with Crippen LogP contribution in [0.2, 0.25) is 0 Å². The lowest BCUT2D eigenvalue weighted by molar-refractivity contribution is -0.171. The number of rotatable bonds is 3. The maximum Gasteiger partial charge on any atom is 0.471 e. The summed E-state index contributed by atoms with van der Waals surface area (Å²) in [6.45, 7) is 3.77. The van der Waals surface area contributed by atoms with Gasteiger partial charge in [-0.3, -0.25) is 14.5 Å². The van der Waals surface area contributed by atoms with Crippen molar-refractivity contribution < 1.29 is 32.2 Å². The molecule has 0 radical (unpaired) electrons. The fraction of sp³-hybridized carbons (Fsp3) is 0.360. The van der Waals surface area contributed by atoms with Gasteiger partial charge in [-0.2, -0.15) is 13.2 Å². The number of nitrogens with zero attached hydrogens (tertiary/aromatic N) is 1. The number of carbonyl (C=O) groups excluding carboxylic acids is 2. The lowest BCUT2D eigenvalue weighted by Crippen LogP contribution is -2.48. The number of carbonyl (C=O) groups is 2. The van der Waals surface area contributed by atoms with Crippen molar-refractivity contribution in [2.75, 3.05) is 24.4 Å². The molecule has 2 aromatic rings. The number of halogens is 3. The predicted octanol–water partition coefficient (Wildman–Crippen LogP) is 5.27. The van der Waals surface area contributed by atoms with E-state index in [0.717, 1.165) is 0 Å². The highest BCUT2D eigenvalue weighted by atomic mass is 19.4. The Hall–Kier alpha value is -3.49. The van der Waals surface area contributed by atoms with Gasteiger partial charge in [-0.15, -0.1) is 0 Å². The van der Waals surface area contributed by atoms with Crippen LogP contribution in [0.15, 0.2) is 54.2 Å². The van der Waals surface area contributed by atoms with E-state index in [2.05, 4.69) is 5.32 Å². The van der Waals surface area contributed by atoms with E-state index in [-0.39, 0.29) is 29.2 Å². The molecule has 0 bridgehead atoms. The number of anilines is 2. The number of methoxy groups -OCH3 is 2. The number of allylic oxidation sites excluding steroid dienone is 1. The molecule has 34 heavy (non-hydrogen) atoms. The first-order chi connectivity index (χ1) is 16.0. The highest BCUT2D eigenvalue weighted by Gasteiger charge is 2.52. The summed E-state index contributed by atoms with van der Waals surface area (Å²) in [5.74, 6) is -2.77. The molecule has 1 N–H and O–H groups in total. The summed E-state index contributed by atoms with van der Waals surface area (Å²) in [5.41, 5.74) is 0.533. The summed E-state index contributed by atoms with van der Waals surface area (Å²) in [6, 6.07) is 9.55. The van der Waals surface area contributed by atoms with Gasteiger partial charge >= 0.3 is 12.1 Å². The van der Waals surface area contributed by atoms with E-state index in [1.54, 1.807) is 24.3 Å². The largest absolute Gasteiger partial charge is 0.497 e. The van der Waals surface area contributed by atoms with Crippen molar-refractivity contribution in [3.63, 3.8) is 0 Å². The summed E-state index contributed by atoms with van der Waals surface area (Å²) >= 11 is 0. The third-order valence-electron chi connectivity index (χ3n) is 6.12. The Labute approximate surface area is 195 Å². The molecule has 2 unspecified atom stereocenters. The van der Waals surface area contributed by atoms with Crippen molar-refractivity contribution in [2.24, 2.45) is 11.3 Å². The van der Waals surface area contributed by atoms with Crippen LogP contribution in [0.5, 0.6) is 11.5 Å². The minimum atomic E-state index is -5.17. The number of Topliss-reactive ketones (excluding diaryl/α,β-unsaturated/α-hetero) is 1. The Kier molecular flexibility index (Phi) is 5.83. The number of ketones is 1. The molecule has 2 atom stereocenters. The second-order valence-corrected chi connectivity index (χ2v) is 9.08. The molecular formula is C25H25F3N2O4. The summed E-state index contributed by atoms with van der Waals surface area (Å²) in [5, 5.41) is 3.16. The zero-order valence-electron chi connectivity index (χ0n) is 19.2. The molecule has 0 aromatic heterocycles. The minimum absolute atomic E-state index is 0.0219. The number of hydrogen-bond acceptors (Lipinski definition) is 5. The molecule has 0 saturated carbocycles. The molecule has 1 aliphatic carbocycles. The van der Waals surface area contributed by atoms with Crippen LogP contribution in [-0.2, 0) is 9.59 Å². The van der Waals surface area contributed by atoms with Gasteiger partial charge in [0.25, 0.3) is 0 Å². The molecule has 1 heterocycles. The van der Waals surface area contributed by atoms with Crippen LogP contribution in [0.25, 0.3) is 0 Å². The second kappa shape index (κ2) is 8.38. The van der Waals surface area contributed by atoms with Crippen molar-refractivity contribution in [3.05, 3.63) is 59.8 Å². The highest BCUT2D eigenvalue weighted by Crippen LogP contribution is 2.51. The SMILES string of the molecule is COc1ccc(C2C3C(=O)CC(C)(C)C=C3Nc3ccccc3N2C(=O)C(F)(F)F)c(OC)c1. The van der Waals surface area contributed by atoms with Gasteiger partial charge in [0, 0.05) is 23.7 Å². The Morgan fingerprint density at radius 2 is 1.82 bits per heavy atom. The molecule has 1 aliphatic heterocycles. The Morgan fingerprint density at radius 1 is 1.12 bits per heavy atom. The number of amides is 1. The van der Waals surface area contributed by atoms with E-state index in [4.69, 9.17) is 9.47 Å². The van der Waals surface area contributed by atoms with Gasteiger partial charge in [0.05, 0.1) is 37.6 Å². The molecule has 1 amide bonds. The molecule has 180 valence electrons. The lowest BCUT2D eigenvalue weighted by atomic mass is 9.72. The number of alkyl halides is 3. The van der Waals surface area contributed by atoms with Crippen molar-refractivity contribution in [3.8, 4) is 11.5 Å². The van der Waals surface area contributed by atoms with Gasteiger partial charge in [-0.1, -0.05) is 32.1 Å². The zero-order chi connectivity index (χ0) is 24.8. The fourth-order valence-corrected chi connectivity index (χ4v) is 4.75. The van der Waals surface area contributed by atoms with Crippen molar-refractivity contribution in [2.45, 2.75) is 32.5 Å². The van der Waals surface area contributed by atoms with Crippen molar-refractivity contribution >= 4 is 23.1 Å². The highest BCUT2D eigenvalue weighted by molar-refractivity contribution is 6.03. The summed E-state index contributed by atoms with van der Waals surface area (Å²) in [6.07, 6.45) is -3.20. The summed E-state index contributed by atoms with van der Waals surface area (Å²) < 4.78 is 52.5. The third kappa shape index (κ3) is 4.10. The summed E-state index contributed by atoms with van der Waals surface area (Å²) in [7, 11) is 2.83. The average Bonchev–Trinajstić information content (AvgIpc) is 2.90. The molecule has 4 rings (SSSR count). The smallest absolute Gasteiger partial charge is 0.471 e. The standard InChI is InChI=1S/C25H25F3N2O4/c1-24(2)12-17-21(19(31)13-24)22(15-10-9-14(33-3)11-20(15)34-4)30(23(32)25(26,27)28)18-8-6-5-7-16(18)29-17/h5-12,21-22,29H,13H2,1-4H3. The first-order valence-corrected chi connectivity index (χ1v) is 10.7. The lowest BCUT2D eigenvalue weighted by Gasteiger charge is -2.39. The molecular weight excluding hydrogens is 449 g/mol. The van der Waals surface area contributed by atoms with Crippen LogP contribution >= 0.6 is 0 Å². The quantitative estimate of drug-likeness (QED) is 0.657. The van der Waals surface area contributed by atoms with Crippen LogP contribution < -0.4 is 19.7 Å². The van der Waals surface area contributed by atoms with E-state index in [0.29, 0.717) is 22.0 Å². The van der Waals surface area contributed by atoms with E-state index in [9.17, 15) is 22.8 Å². The Bertz CT molecular complexity index is 1170.